The molecule has 158 valence electrons. The summed E-state index contributed by atoms with van der Waals surface area (Å²) >= 11 is 0. The lowest BCUT2D eigenvalue weighted by Crippen LogP contribution is -2.23. The Morgan fingerprint density at radius 2 is 0.964 bits per heavy atom. The van der Waals surface area contributed by atoms with Gasteiger partial charge in [0.15, 0.2) is 0 Å². The molecule has 0 aromatic carbocycles. The molecular weight excluding hydrogens is 340 g/mol. The molecule has 2 nitrogen and oxygen atoms in total. The van der Waals surface area contributed by atoms with Crippen LogP contribution in [-0.4, -0.2) is 36.0 Å². The van der Waals surface area contributed by atoms with E-state index in [-0.39, 0.29) is 10.8 Å². The summed E-state index contributed by atoms with van der Waals surface area (Å²) in [5.41, 5.74) is 3.49. The normalized spacial score (nSPS) is 17.8. The number of unbranched alkanes of at least 4 members (excludes halogenated alkanes) is 5. The summed E-state index contributed by atoms with van der Waals surface area (Å²) in [5.74, 6) is 0. The molecule has 0 amide bonds. The Hall–Kier alpha value is -1.44. The number of allylic oxidation sites excluding steroid dienone is 4. The molecule has 0 spiro atoms. The Kier molecular flexibility index (Phi) is 8.46. The third-order valence-corrected chi connectivity index (χ3v) is 5.89. The van der Waals surface area contributed by atoms with Crippen molar-refractivity contribution in [2.24, 2.45) is 10.8 Å². The summed E-state index contributed by atoms with van der Waals surface area (Å²) in [4.78, 5) is 4.91. The predicted octanol–water partition coefficient (Wildman–Crippen LogP) is 6.93. The molecule has 2 aliphatic rings. The first-order valence-electron chi connectivity index (χ1n) is 11.4. The van der Waals surface area contributed by atoms with Crippen LogP contribution in [0.25, 0.3) is 0 Å². The van der Waals surface area contributed by atoms with Crippen molar-refractivity contribution in [3.05, 3.63) is 47.9 Å². The zero-order valence-electron chi connectivity index (χ0n) is 19.4. The van der Waals surface area contributed by atoms with Crippen molar-refractivity contribution >= 4 is 0 Å². The minimum Gasteiger partial charge on any atom is -0.374 e. The van der Waals surface area contributed by atoms with E-state index in [0.717, 1.165) is 13.1 Å². The van der Waals surface area contributed by atoms with Gasteiger partial charge in [-0.25, -0.2) is 0 Å². The van der Waals surface area contributed by atoms with Gasteiger partial charge in [-0.2, -0.15) is 0 Å². The van der Waals surface area contributed by atoms with Crippen LogP contribution in [0.15, 0.2) is 47.9 Å². The monoisotopic (exact) mass is 384 g/mol. The molecule has 2 heterocycles. The van der Waals surface area contributed by atoms with E-state index in [0.29, 0.717) is 0 Å². The van der Waals surface area contributed by atoms with E-state index >= 15 is 0 Å². The Bertz CT molecular complexity index is 539. The van der Waals surface area contributed by atoms with Gasteiger partial charge in [-0.1, -0.05) is 79.4 Å². The number of hydrogen-bond donors (Lipinski definition) is 0. The fourth-order valence-electron chi connectivity index (χ4n) is 3.84. The third kappa shape index (κ3) is 7.89. The van der Waals surface area contributed by atoms with Gasteiger partial charge >= 0.3 is 0 Å². The molecule has 0 aromatic rings. The van der Waals surface area contributed by atoms with Crippen LogP contribution < -0.4 is 0 Å². The summed E-state index contributed by atoms with van der Waals surface area (Å²) in [6.07, 6.45) is 22.1. The molecule has 0 aliphatic carbocycles. The van der Waals surface area contributed by atoms with Crippen LogP contribution in [0.2, 0.25) is 0 Å². The second-order valence-corrected chi connectivity index (χ2v) is 10.6. The Morgan fingerprint density at radius 1 is 0.607 bits per heavy atom. The Labute approximate surface area is 175 Å². The van der Waals surface area contributed by atoms with Gasteiger partial charge in [0.05, 0.1) is 0 Å². The highest BCUT2D eigenvalue weighted by molar-refractivity contribution is 5.28. The number of hydrogen-bond acceptors (Lipinski definition) is 2. The van der Waals surface area contributed by atoms with Gasteiger partial charge in [0.25, 0.3) is 0 Å². The molecule has 2 rings (SSSR count). The second kappa shape index (κ2) is 10.4. The van der Waals surface area contributed by atoms with Crippen molar-refractivity contribution in [2.45, 2.75) is 80.1 Å². The quantitative estimate of drug-likeness (QED) is 0.398. The summed E-state index contributed by atoms with van der Waals surface area (Å²) in [6, 6.07) is 0. The van der Waals surface area contributed by atoms with Crippen LogP contribution in [-0.2, 0) is 0 Å². The minimum absolute atomic E-state index is 0.276. The van der Waals surface area contributed by atoms with E-state index < -0.39 is 0 Å². The van der Waals surface area contributed by atoms with Gasteiger partial charge in [-0.05, 0) is 59.4 Å². The first-order chi connectivity index (χ1) is 13.2. The van der Waals surface area contributed by atoms with Gasteiger partial charge in [0.2, 0.25) is 0 Å². The highest BCUT2D eigenvalue weighted by Crippen LogP contribution is 2.29. The van der Waals surface area contributed by atoms with Gasteiger partial charge in [-0.3, -0.25) is 0 Å². The maximum Gasteiger partial charge on any atom is 0.0359 e. The van der Waals surface area contributed by atoms with E-state index in [1.807, 2.05) is 0 Å². The van der Waals surface area contributed by atoms with Crippen LogP contribution >= 0.6 is 0 Å². The molecule has 0 aromatic heterocycles. The van der Waals surface area contributed by atoms with Crippen molar-refractivity contribution in [2.75, 3.05) is 26.2 Å². The lowest BCUT2D eigenvalue weighted by atomic mass is 9.85. The van der Waals surface area contributed by atoms with E-state index in [1.165, 1.54) is 62.8 Å². The fourth-order valence-corrected chi connectivity index (χ4v) is 3.84. The standard InChI is InChI=1S/C26H44N2/c1-25(2,3)23-13-19-27(20-14-23)17-11-9-7-8-10-12-18-28-21-15-24(16-22-28)26(4,5)6/h13-16,19,21H,7-12,17-18,20,22H2,1-6H3. The highest BCUT2D eigenvalue weighted by Gasteiger charge is 2.17. The van der Waals surface area contributed by atoms with Gasteiger partial charge < -0.3 is 9.80 Å². The highest BCUT2D eigenvalue weighted by atomic mass is 15.1. The molecular formula is C26H44N2. The zero-order valence-corrected chi connectivity index (χ0v) is 19.4. The van der Waals surface area contributed by atoms with E-state index in [2.05, 4.69) is 88.0 Å². The van der Waals surface area contributed by atoms with Crippen molar-refractivity contribution in [1.82, 2.24) is 9.80 Å². The second-order valence-electron chi connectivity index (χ2n) is 10.6. The average molecular weight is 385 g/mol. The summed E-state index contributed by atoms with van der Waals surface area (Å²) in [7, 11) is 0. The minimum atomic E-state index is 0.276. The topological polar surface area (TPSA) is 6.48 Å². The van der Waals surface area contributed by atoms with Crippen LogP contribution in [0.5, 0.6) is 0 Å². The lowest BCUT2D eigenvalue weighted by molar-refractivity contribution is 0.374. The van der Waals surface area contributed by atoms with Crippen molar-refractivity contribution in [1.29, 1.82) is 0 Å². The maximum absolute atomic E-state index is 2.46. The summed E-state index contributed by atoms with van der Waals surface area (Å²) < 4.78 is 0. The van der Waals surface area contributed by atoms with E-state index in [9.17, 15) is 0 Å². The molecule has 0 unspecified atom stereocenters. The molecule has 0 fully saturated rings. The predicted molar refractivity (Wildman–Crippen MR) is 124 cm³/mol. The largest absolute Gasteiger partial charge is 0.374 e. The molecule has 0 bridgehead atoms. The van der Waals surface area contributed by atoms with Crippen molar-refractivity contribution < 1.29 is 0 Å². The number of nitrogens with zero attached hydrogens (tertiary/aromatic N) is 2. The molecule has 0 radical (unpaired) electrons. The van der Waals surface area contributed by atoms with Crippen LogP contribution in [0.4, 0.5) is 0 Å². The van der Waals surface area contributed by atoms with Crippen molar-refractivity contribution in [3.63, 3.8) is 0 Å². The van der Waals surface area contributed by atoms with Gasteiger partial charge in [-0.15, -0.1) is 0 Å². The van der Waals surface area contributed by atoms with Crippen LogP contribution in [0.1, 0.15) is 80.1 Å². The average Bonchev–Trinajstić information content (AvgIpc) is 2.63. The smallest absolute Gasteiger partial charge is 0.0359 e. The Morgan fingerprint density at radius 3 is 1.25 bits per heavy atom. The van der Waals surface area contributed by atoms with Gasteiger partial charge in [0, 0.05) is 26.2 Å². The molecule has 0 atom stereocenters. The van der Waals surface area contributed by atoms with E-state index in [4.69, 9.17) is 0 Å². The first-order valence-corrected chi connectivity index (χ1v) is 11.4. The first kappa shape index (κ1) is 22.8. The third-order valence-electron chi connectivity index (χ3n) is 5.89. The van der Waals surface area contributed by atoms with Crippen LogP contribution in [0, 0.1) is 10.8 Å². The zero-order chi connectivity index (χ0) is 20.6. The molecule has 28 heavy (non-hydrogen) atoms. The Balaban J connectivity index is 1.46. The lowest BCUT2D eigenvalue weighted by Gasteiger charge is -2.28. The molecule has 2 heteroatoms. The van der Waals surface area contributed by atoms with E-state index in [1.54, 1.807) is 0 Å². The summed E-state index contributed by atoms with van der Waals surface area (Å²) in [6.45, 7) is 18.3. The van der Waals surface area contributed by atoms with Gasteiger partial charge in [0.1, 0.15) is 0 Å². The fraction of sp³-hybridized carbons (Fsp3) is 0.692. The molecule has 0 saturated carbocycles. The SMILES string of the molecule is CC(C)(C)C1=CCN(CCCCCCCCN2C=CC(C(C)(C)C)=CC2)C=C1. The molecule has 0 saturated heterocycles. The molecule has 2 aliphatic heterocycles. The maximum atomic E-state index is 2.46. The van der Waals surface area contributed by atoms with Crippen molar-refractivity contribution in [3.8, 4) is 0 Å². The molecule has 0 N–H and O–H groups in total. The number of rotatable bonds is 9. The van der Waals surface area contributed by atoms with Crippen LogP contribution in [0.3, 0.4) is 0 Å². The summed E-state index contributed by atoms with van der Waals surface area (Å²) in [5, 5.41) is 0.